The fourth-order valence-electron chi connectivity index (χ4n) is 1.74. The van der Waals surface area contributed by atoms with Crippen LogP contribution in [0.3, 0.4) is 0 Å². The van der Waals surface area contributed by atoms with Crippen molar-refractivity contribution in [3.63, 3.8) is 0 Å². The molecule has 0 amide bonds. The van der Waals surface area contributed by atoms with E-state index in [4.69, 9.17) is 10.8 Å². The Balaban J connectivity index is 3.18. The maximum Gasteiger partial charge on any atom is 0.303 e. The minimum atomic E-state index is -0.676. The van der Waals surface area contributed by atoms with E-state index in [1.807, 2.05) is 0 Å². The number of hydrogen-bond acceptors (Lipinski definition) is 2. The van der Waals surface area contributed by atoms with Gasteiger partial charge in [-0.1, -0.05) is 39.0 Å². The van der Waals surface area contributed by atoms with Crippen molar-refractivity contribution in [2.75, 3.05) is 6.54 Å². The number of hydrogen-bond donors (Lipinski definition) is 2. The molecule has 0 aromatic carbocycles. The highest BCUT2D eigenvalue weighted by molar-refractivity contribution is 5.66. The van der Waals surface area contributed by atoms with Crippen LogP contribution in [0.2, 0.25) is 0 Å². The van der Waals surface area contributed by atoms with Gasteiger partial charge in [0.25, 0.3) is 0 Å². The topological polar surface area (TPSA) is 63.3 Å². The van der Waals surface area contributed by atoms with Crippen LogP contribution in [0.5, 0.6) is 0 Å². The van der Waals surface area contributed by atoms with Crippen LogP contribution in [0.15, 0.2) is 0 Å². The molecule has 0 aromatic heterocycles. The predicted octanol–water partition coefficient (Wildman–Crippen LogP) is 2.79. The third kappa shape index (κ3) is 11.4. The molecule has 0 aromatic rings. The van der Waals surface area contributed by atoms with Gasteiger partial charge in [0.1, 0.15) is 0 Å². The summed E-state index contributed by atoms with van der Waals surface area (Å²) in [7, 11) is 0. The number of carboxylic acid groups (broad SMARTS) is 1. The molecule has 3 heteroatoms. The summed E-state index contributed by atoms with van der Waals surface area (Å²) in [6, 6.07) is 0. The maximum atomic E-state index is 10.3. The first-order valence-electron chi connectivity index (χ1n) is 6.08. The van der Waals surface area contributed by atoms with E-state index in [-0.39, 0.29) is 0 Å². The molecule has 15 heavy (non-hydrogen) atoms. The summed E-state index contributed by atoms with van der Waals surface area (Å²) < 4.78 is 0. The lowest BCUT2D eigenvalue weighted by Gasteiger charge is -2.09. The van der Waals surface area contributed by atoms with Gasteiger partial charge in [0.2, 0.25) is 0 Å². The van der Waals surface area contributed by atoms with Crippen molar-refractivity contribution in [1.29, 1.82) is 0 Å². The fraction of sp³-hybridized carbons (Fsp3) is 0.917. The molecule has 0 heterocycles. The lowest BCUT2D eigenvalue weighted by Crippen LogP contribution is -2.00. The van der Waals surface area contributed by atoms with Crippen molar-refractivity contribution in [1.82, 2.24) is 0 Å². The molecule has 90 valence electrons. The first-order chi connectivity index (χ1) is 7.16. The van der Waals surface area contributed by atoms with E-state index >= 15 is 0 Å². The molecule has 0 aliphatic carbocycles. The molecule has 0 saturated heterocycles. The van der Waals surface area contributed by atoms with Gasteiger partial charge in [-0.05, 0) is 25.3 Å². The van der Waals surface area contributed by atoms with E-state index in [2.05, 4.69) is 6.92 Å². The lowest BCUT2D eigenvalue weighted by molar-refractivity contribution is -0.137. The highest BCUT2D eigenvalue weighted by Crippen LogP contribution is 2.16. The van der Waals surface area contributed by atoms with Gasteiger partial charge in [-0.2, -0.15) is 0 Å². The number of nitrogens with two attached hydrogens (primary N) is 1. The Hall–Kier alpha value is -0.570. The molecule has 1 atom stereocenters. The summed E-state index contributed by atoms with van der Waals surface area (Å²) in [5.74, 6) is -0.00706. The number of rotatable bonds is 10. The van der Waals surface area contributed by atoms with Crippen LogP contribution in [-0.2, 0) is 4.79 Å². The normalized spacial score (nSPS) is 12.7. The van der Waals surface area contributed by atoms with Crippen molar-refractivity contribution < 1.29 is 9.90 Å². The first-order valence-corrected chi connectivity index (χ1v) is 6.08. The van der Waals surface area contributed by atoms with Gasteiger partial charge in [-0.15, -0.1) is 0 Å². The summed E-state index contributed by atoms with van der Waals surface area (Å²) in [5.41, 5.74) is 5.41. The van der Waals surface area contributed by atoms with Crippen LogP contribution in [0, 0.1) is 5.92 Å². The number of aliphatic carboxylic acids is 1. The lowest BCUT2D eigenvalue weighted by atomic mass is 9.97. The minimum Gasteiger partial charge on any atom is -0.481 e. The Bertz CT molecular complexity index is 160. The molecule has 3 N–H and O–H groups in total. The van der Waals surface area contributed by atoms with Gasteiger partial charge in [-0.25, -0.2) is 0 Å². The molecule has 0 radical (unpaired) electrons. The van der Waals surface area contributed by atoms with Crippen LogP contribution in [0.4, 0.5) is 0 Å². The SMILES string of the molecule is CC(CCCCCCN)CCCC(=O)O. The Morgan fingerprint density at radius 1 is 1.13 bits per heavy atom. The largest absolute Gasteiger partial charge is 0.481 e. The predicted molar refractivity (Wildman–Crippen MR) is 62.8 cm³/mol. The summed E-state index contributed by atoms with van der Waals surface area (Å²) in [6.45, 7) is 3.01. The summed E-state index contributed by atoms with van der Waals surface area (Å²) in [5, 5.41) is 8.49. The summed E-state index contributed by atoms with van der Waals surface area (Å²) in [6.07, 6.45) is 8.30. The van der Waals surface area contributed by atoms with E-state index in [0.29, 0.717) is 12.3 Å². The van der Waals surface area contributed by atoms with Gasteiger partial charge in [0.15, 0.2) is 0 Å². The quantitative estimate of drug-likeness (QED) is 0.551. The zero-order valence-corrected chi connectivity index (χ0v) is 9.87. The standard InChI is InChI=1S/C12H25NO2/c1-11(8-6-9-12(14)15)7-4-2-3-5-10-13/h11H,2-10,13H2,1H3,(H,14,15). The van der Waals surface area contributed by atoms with Gasteiger partial charge < -0.3 is 10.8 Å². The monoisotopic (exact) mass is 215 g/mol. The third-order valence-corrected chi connectivity index (χ3v) is 2.74. The van der Waals surface area contributed by atoms with E-state index < -0.39 is 5.97 Å². The molecule has 0 spiro atoms. The van der Waals surface area contributed by atoms with E-state index in [1.165, 1.54) is 25.7 Å². The van der Waals surface area contributed by atoms with Crippen LogP contribution >= 0.6 is 0 Å². The molecule has 0 aliphatic rings. The van der Waals surface area contributed by atoms with Crippen molar-refractivity contribution in [2.24, 2.45) is 11.7 Å². The van der Waals surface area contributed by atoms with Crippen molar-refractivity contribution in [3.8, 4) is 0 Å². The highest BCUT2D eigenvalue weighted by Gasteiger charge is 2.03. The third-order valence-electron chi connectivity index (χ3n) is 2.74. The Kier molecular flexibility index (Phi) is 9.59. The smallest absolute Gasteiger partial charge is 0.303 e. The fourth-order valence-corrected chi connectivity index (χ4v) is 1.74. The number of carboxylic acids is 1. The molecule has 1 unspecified atom stereocenters. The second-order valence-corrected chi connectivity index (χ2v) is 4.38. The highest BCUT2D eigenvalue weighted by atomic mass is 16.4. The first kappa shape index (κ1) is 14.4. The van der Waals surface area contributed by atoms with E-state index in [0.717, 1.165) is 25.8 Å². The Labute approximate surface area is 93.0 Å². The zero-order chi connectivity index (χ0) is 11.5. The summed E-state index contributed by atoms with van der Waals surface area (Å²) >= 11 is 0. The molecule has 0 rings (SSSR count). The van der Waals surface area contributed by atoms with Gasteiger partial charge in [0.05, 0.1) is 0 Å². The Morgan fingerprint density at radius 3 is 2.33 bits per heavy atom. The average molecular weight is 215 g/mol. The second kappa shape index (κ2) is 9.97. The molecule has 0 saturated carbocycles. The molecule has 0 bridgehead atoms. The van der Waals surface area contributed by atoms with Crippen molar-refractivity contribution in [3.05, 3.63) is 0 Å². The van der Waals surface area contributed by atoms with Gasteiger partial charge in [-0.3, -0.25) is 4.79 Å². The van der Waals surface area contributed by atoms with Crippen LogP contribution in [0.1, 0.15) is 58.3 Å². The van der Waals surface area contributed by atoms with E-state index in [9.17, 15) is 4.79 Å². The maximum absolute atomic E-state index is 10.3. The molecule has 0 aliphatic heterocycles. The van der Waals surface area contributed by atoms with E-state index in [1.54, 1.807) is 0 Å². The zero-order valence-electron chi connectivity index (χ0n) is 9.87. The number of unbranched alkanes of at least 4 members (excludes halogenated alkanes) is 3. The Morgan fingerprint density at radius 2 is 1.73 bits per heavy atom. The minimum absolute atomic E-state index is 0.317. The van der Waals surface area contributed by atoms with Gasteiger partial charge >= 0.3 is 5.97 Å². The molecular formula is C12H25NO2. The number of carbonyl (C=O) groups is 1. The van der Waals surface area contributed by atoms with Gasteiger partial charge in [0, 0.05) is 6.42 Å². The molecule has 3 nitrogen and oxygen atoms in total. The molecule has 0 fully saturated rings. The van der Waals surface area contributed by atoms with Crippen LogP contribution < -0.4 is 5.73 Å². The second-order valence-electron chi connectivity index (χ2n) is 4.38. The van der Waals surface area contributed by atoms with Crippen LogP contribution in [0.25, 0.3) is 0 Å². The molecular weight excluding hydrogens is 190 g/mol. The van der Waals surface area contributed by atoms with Crippen molar-refractivity contribution in [2.45, 2.75) is 58.3 Å². The average Bonchev–Trinajstić information content (AvgIpc) is 2.17. The van der Waals surface area contributed by atoms with Crippen molar-refractivity contribution >= 4 is 5.97 Å². The van der Waals surface area contributed by atoms with Crippen LogP contribution in [-0.4, -0.2) is 17.6 Å². The summed E-state index contributed by atoms with van der Waals surface area (Å²) in [4.78, 5) is 10.3.